The van der Waals surface area contributed by atoms with Crippen LogP contribution in [0.2, 0.25) is 0 Å². The van der Waals surface area contributed by atoms with E-state index in [1.165, 1.54) is 33.4 Å². The quantitative estimate of drug-likeness (QED) is 0.918. The highest BCUT2D eigenvalue weighted by Crippen LogP contribution is 2.22. The van der Waals surface area contributed by atoms with Gasteiger partial charge in [-0.3, -0.25) is 4.72 Å². The Morgan fingerprint density at radius 1 is 1.05 bits per heavy atom. The minimum absolute atomic E-state index is 0.592. The van der Waals surface area contributed by atoms with E-state index < -0.39 is 10.2 Å². The molecule has 0 aliphatic carbocycles. The Hall–Kier alpha value is -1.27. The van der Waals surface area contributed by atoms with Crippen molar-refractivity contribution in [1.29, 1.82) is 0 Å². The molecule has 1 aliphatic rings. The number of benzene rings is 1. The van der Waals surface area contributed by atoms with E-state index in [4.69, 9.17) is 0 Å². The first-order valence-corrected chi connectivity index (χ1v) is 7.98. The van der Waals surface area contributed by atoms with Gasteiger partial charge in [0.25, 0.3) is 0 Å². The summed E-state index contributed by atoms with van der Waals surface area (Å²) in [4.78, 5) is 2.34. The van der Waals surface area contributed by atoms with Crippen LogP contribution in [0.4, 0.5) is 11.4 Å². The van der Waals surface area contributed by atoms with Crippen molar-refractivity contribution in [3.05, 3.63) is 24.3 Å². The molecule has 1 saturated heterocycles. The average molecular weight is 283 g/mol. The van der Waals surface area contributed by atoms with Gasteiger partial charge in [0.05, 0.1) is 0 Å². The lowest BCUT2D eigenvalue weighted by Gasteiger charge is -2.28. The molecule has 19 heavy (non-hydrogen) atoms. The number of hydrogen-bond acceptors (Lipinski definition) is 3. The standard InChI is InChI=1S/C13H21N3O2S/c1-15(2)19(17,18)14-12-6-8-13(9-7-12)16-10-4-3-5-11-16/h6-9,14H,3-5,10-11H2,1-2H3. The van der Waals surface area contributed by atoms with Crippen molar-refractivity contribution >= 4 is 21.6 Å². The van der Waals surface area contributed by atoms with Crippen LogP contribution in [0.3, 0.4) is 0 Å². The van der Waals surface area contributed by atoms with Crippen molar-refractivity contribution in [2.45, 2.75) is 19.3 Å². The predicted molar refractivity (Wildman–Crippen MR) is 78.7 cm³/mol. The van der Waals surface area contributed by atoms with Crippen LogP contribution in [0.1, 0.15) is 19.3 Å². The first-order chi connectivity index (χ1) is 8.99. The molecule has 1 fully saturated rings. The molecule has 1 aromatic rings. The van der Waals surface area contributed by atoms with Crippen molar-refractivity contribution in [2.24, 2.45) is 0 Å². The second-order valence-corrected chi connectivity index (χ2v) is 6.87. The minimum Gasteiger partial charge on any atom is -0.372 e. The number of hydrogen-bond donors (Lipinski definition) is 1. The Kier molecular flexibility index (Phi) is 4.31. The lowest BCUT2D eigenvalue weighted by molar-refractivity contribution is 0.527. The molecule has 0 aromatic heterocycles. The van der Waals surface area contributed by atoms with Crippen LogP contribution >= 0.6 is 0 Å². The van der Waals surface area contributed by atoms with Gasteiger partial charge in [-0.05, 0) is 43.5 Å². The van der Waals surface area contributed by atoms with Crippen LogP contribution in [-0.2, 0) is 10.2 Å². The molecule has 1 N–H and O–H groups in total. The number of anilines is 2. The van der Waals surface area contributed by atoms with Gasteiger partial charge in [0.1, 0.15) is 0 Å². The summed E-state index contributed by atoms with van der Waals surface area (Å²) < 4.78 is 27.1. The molecule has 1 aliphatic heterocycles. The van der Waals surface area contributed by atoms with Gasteiger partial charge < -0.3 is 4.90 Å². The Balaban J connectivity index is 2.06. The molecular weight excluding hydrogens is 262 g/mol. The fourth-order valence-corrected chi connectivity index (χ4v) is 2.75. The summed E-state index contributed by atoms with van der Waals surface area (Å²) in [6.45, 7) is 2.17. The van der Waals surface area contributed by atoms with Gasteiger partial charge in [-0.2, -0.15) is 12.7 Å². The van der Waals surface area contributed by atoms with Gasteiger partial charge in [0.2, 0.25) is 0 Å². The monoisotopic (exact) mass is 283 g/mol. The Morgan fingerprint density at radius 2 is 1.63 bits per heavy atom. The zero-order valence-corrected chi connectivity index (χ0v) is 12.3. The Bertz CT molecular complexity index is 505. The maximum Gasteiger partial charge on any atom is 0.301 e. The van der Waals surface area contributed by atoms with E-state index in [0.29, 0.717) is 5.69 Å². The maximum atomic E-state index is 11.7. The van der Waals surface area contributed by atoms with E-state index in [1.54, 1.807) is 0 Å². The normalized spacial score (nSPS) is 16.7. The van der Waals surface area contributed by atoms with Crippen molar-refractivity contribution in [1.82, 2.24) is 4.31 Å². The summed E-state index contributed by atoms with van der Waals surface area (Å²) >= 11 is 0. The third kappa shape index (κ3) is 3.61. The van der Waals surface area contributed by atoms with E-state index >= 15 is 0 Å². The van der Waals surface area contributed by atoms with Gasteiger partial charge in [-0.15, -0.1) is 0 Å². The third-order valence-corrected chi connectivity index (χ3v) is 4.77. The maximum absolute atomic E-state index is 11.7. The Morgan fingerprint density at radius 3 is 2.16 bits per heavy atom. The van der Waals surface area contributed by atoms with Crippen molar-refractivity contribution in [3.63, 3.8) is 0 Å². The molecule has 106 valence electrons. The molecular formula is C13H21N3O2S. The van der Waals surface area contributed by atoms with Gasteiger partial charge in [-0.25, -0.2) is 0 Å². The van der Waals surface area contributed by atoms with E-state index in [2.05, 4.69) is 9.62 Å². The fourth-order valence-electron chi connectivity index (χ4n) is 2.13. The van der Waals surface area contributed by atoms with Crippen molar-refractivity contribution in [3.8, 4) is 0 Å². The number of nitrogens with one attached hydrogen (secondary N) is 1. The number of rotatable bonds is 4. The van der Waals surface area contributed by atoms with Crippen LogP contribution < -0.4 is 9.62 Å². The molecule has 0 saturated carbocycles. The largest absolute Gasteiger partial charge is 0.372 e. The van der Waals surface area contributed by atoms with Crippen LogP contribution in [0, 0.1) is 0 Å². The Labute approximate surface area is 115 Å². The van der Waals surface area contributed by atoms with Crippen LogP contribution in [0.25, 0.3) is 0 Å². The number of nitrogens with zero attached hydrogens (tertiary/aromatic N) is 2. The lowest BCUT2D eigenvalue weighted by atomic mass is 10.1. The van der Waals surface area contributed by atoms with Crippen LogP contribution in [0.15, 0.2) is 24.3 Å². The average Bonchev–Trinajstić information content (AvgIpc) is 2.40. The zero-order chi connectivity index (χ0) is 13.9. The number of piperidine rings is 1. The highest BCUT2D eigenvalue weighted by atomic mass is 32.2. The predicted octanol–water partition coefficient (Wildman–Crippen LogP) is 1.90. The molecule has 1 aromatic carbocycles. The SMILES string of the molecule is CN(C)S(=O)(=O)Nc1ccc(N2CCCCC2)cc1. The molecule has 1 heterocycles. The fraction of sp³-hybridized carbons (Fsp3) is 0.538. The summed E-state index contributed by atoms with van der Waals surface area (Å²) in [5.41, 5.74) is 1.75. The van der Waals surface area contributed by atoms with Crippen molar-refractivity contribution < 1.29 is 8.42 Å². The molecule has 0 unspecified atom stereocenters. The van der Waals surface area contributed by atoms with Crippen LogP contribution in [-0.4, -0.2) is 39.9 Å². The van der Waals surface area contributed by atoms with Gasteiger partial charge in [0, 0.05) is 38.6 Å². The smallest absolute Gasteiger partial charge is 0.301 e. The third-order valence-electron chi connectivity index (χ3n) is 3.32. The highest BCUT2D eigenvalue weighted by molar-refractivity contribution is 7.90. The summed E-state index contributed by atoms with van der Waals surface area (Å²) in [6.07, 6.45) is 3.77. The first kappa shape index (κ1) is 14.1. The first-order valence-electron chi connectivity index (χ1n) is 6.54. The molecule has 0 radical (unpaired) electrons. The van der Waals surface area contributed by atoms with Gasteiger partial charge in [0.15, 0.2) is 0 Å². The topological polar surface area (TPSA) is 52.7 Å². The summed E-state index contributed by atoms with van der Waals surface area (Å²) in [5, 5.41) is 0. The van der Waals surface area contributed by atoms with Gasteiger partial charge >= 0.3 is 10.2 Å². The molecule has 0 atom stereocenters. The molecule has 5 nitrogen and oxygen atoms in total. The molecule has 6 heteroatoms. The van der Waals surface area contributed by atoms with E-state index in [0.717, 1.165) is 23.1 Å². The summed E-state index contributed by atoms with van der Waals surface area (Å²) in [7, 11) is -0.410. The lowest BCUT2D eigenvalue weighted by Crippen LogP contribution is -2.30. The molecule has 0 bridgehead atoms. The second-order valence-electron chi connectivity index (χ2n) is 4.98. The van der Waals surface area contributed by atoms with Gasteiger partial charge in [-0.1, -0.05) is 0 Å². The molecule has 0 spiro atoms. The molecule has 0 amide bonds. The minimum atomic E-state index is -3.42. The van der Waals surface area contributed by atoms with Crippen molar-refractivity contribution in [2.75, 3.05) is 36.8 Å². The van der Waals surface area contributed by atoms with E-state index in [9.17, 15) is 8.42 Å². The van der Waals surface area contributed by atoms with E-state index in [-0.39, 0.29) is 0 Å². The molecule has 2 rings (SSSR count). The van der Waals surface area contributed by atoms with Crippen LogP contribution in [0.5, 0.6) is 0 Å². The zero-order valence-electron chi connectivity index (χ0n) is 11.5. The van der Waals surface area contributed by atoms with E-state index in [1.807, 2.05) is 24.3 Å². The highest BCUT2D eigenvalue weighted by Gasteiger charge is 2.14. The summed E-state index contributed by atoms with van der Waals surface area (Å²) in [6, 6.07) is 7.56. The summed E-state index contributed by atoms with van der Waals surface area (Å²) in [5.74, 6) is 0. The second kappa shape index (κ2) is 5.79.